The van der Waals surface area contributed by atoms with Gasteiger partial charge in [-0.3, -0.25) is 9.59 Å². The lowest BCUT2D eigenvalue weighted by Crippen LogP contribution is -2.47. The highest BCUT2D eigenvalue weighted by Gasteiger charge is 2.36. The predicted molar refractivity (Wildman–Crippen MR) is 103 cm³/mol. The molecule has 0 fully saturated rings. The van der Waals surface area contributed by atoms with Crippen LogP contribution in [0.5, 0.6) is 5.75 Å². The summed E-state index contributed by atoms with van der Waals surface area (Å²) in [5.74, 6) is -1.16. The first-order chi connectivity index (χ1) is 12.3. The number of rotatable bonds is 6. The molecule has 5 nitrogen and oxygen atoms in total. The van der Waals surface area contributed by atoms with Gasteiger partial charge in [-0.05, 0) is 23.8 Å². The lowest BCUT2D eigenvalue weighted by atomic mass is 10.2. The van der Waals surface area contributed by atoms with E-state index in [1.54, 1.807) is 18.2 Å². The molecule has 0 bridgehead atoms. The molecule has 0 aliphatic heterocycles. The van der Waals surface area contributed by atoms with Crippen molar-refractivity contribution >= 4 is 52.7 Å². The number of amides is 2. The number of alkyl halides is 3. The molecule has 0 radical (unpaired) electrons. The smallest absolute Gasteiger partial charge is 0.252 e. The highest BCUT2D eigenvalue weighted by atomic mass is 35.6. The maximum atomic E-state index is 12.1. The summed E-state index contributed by atoms with van der Waals surface area (Å²) in [7, 11) is 0. The Morgan fingerprint density at radius 3 is 2.27 bits per heavy atom. The number of carbonyl (C=O) groups is 2. The quantitative estimate of drug-likeness (QED) is 0.430. The van der Waals surface area contributed by atoms with Gasteiger partial charge in [0.05, 0.1) is 5.56 Å². The van der Waals surface area contributed by atoms with Crippen molar-refractivity contribution in [2.45, 2.75) is 10.0 Å². The van der Waals surface area contributed by atoms with Gasteiger partial charge in [-0.1, -0.05) is 77.3 Å². The molecule has 3 N–H and O–H groups in total. The van der Waals surface area contributed by atoms with E-state index in [9.17, 15) is 9.59 Å². The number of para-hydroxylation sites is 1. The molecule has 136 valence electrons. The van der Waals surface area contributed by atoms with E-state index in [-0.39, 0.29) is 11.3 Å². The lowest BCUT2D eigenvalue weighted by Gasteiger charge is -2.26. The zero-order valence-corrected chi connectivity index (χ0v) is 15.6. The third kappa shape index (κ3) is 5.95. The Balaban J connectivity index is 2.15. The standard InChI is InChI=1S/C18H15Cl3N2O3/c19-18(20,21)17(26-14-9-5-4-8-13(14)16(22)25)23-15(24)11-10-12-6-2-1-3-7-12/h1-11,17H,(H2,22,25)(H,23,24)/b11-10+/t17-/m1/s1. The zero-order chi connectivity index (χ0) is 19.2. The monoisotopic (exact) mass is 412 g/mol. The zero-order valence-electron chi connectivity index (χ0n) is 13.4. The minimum Gasteiger partial charge on any atom is -0.465 e. The summed E-state index contributed by atoms with van der Waals surface area (Å²) in [5.41, 5.74) is 6.22. The highest BCUT2D eigenvalue weighted by molar-refractivity contribution is 6.68. The molecule has 0 saturated heterocycles. The van der Waals surface area contributed by atoms with Crippen LogP contribution in [0.25, 0.3) is 6.08 Å². The maximum absolute atomic E-state index is 12.1. The first-order valence-corrected chi connectivity index (χ1v) is 8.56. The van der Waals surface area contributed by atoms with Crippen molar-refractivity contribution in [2.24, 2.45) is 5.73 Å². The van der Waals surface area contributed by atoms with Crippen LogP contribution in [0, 0.1) is 0 Å². The van der Waals surface area contributed by atoms with Crippen LogP contribution < -0.4 is 15.8 Å². The van der Waals surface area contributed by atoms with Crippen molar-refractivity contribution in [1.82, 2.24) is 5.32 Å². The van der Waals surface area contributed by atoms with Gasteiger partial charge in [0.25, 0.3) is 5.91 Å². The van der Waals surface area contributed by atoms with Gasteiger partial charge in [0, 0.05) is 6.08 Å². The predicted octanol–water partition coefficient (Wildman–Crippen LogP) is 3.69. The fraction of sp³-hybridized carbons (Fsp3) is 0.111. The number of hydrogen-bond donors (Lipinski definition) is 2. The third-order valence-electron chi connectivity index (χ3n) is 3.19. The largest absolute Gasteiger partial charge is 0.465 e. The Morgan fingerprint density at radius 1 is 1.04 bits per heavy atom. The van der Waals surface area contributed by atoms with Gasteiger partial charge in [0.2, 0.25) is 15.9 Å². The van der Waals surface area contributed by atoms with Crippen molar-refractivity contribution in [3.05, 3.63) is 71.8 Å². The Morgan fingerprint density at radius 2 is 1.65 bits per heavy atom. The summed E-state index contributed by atoms with van der Waals surface area (Å²) in [6.07, 6.45) is 1.53. The Labute approximate surface area is 165 Å². The molecule has 2 aromatic rings. The topological polar surface area (TPSA) is 81.4 Å². The summed E-state index contributed by atoms with van der Waals surface area (Å²) in [6, 6.07) is 15.4. The number of carbonyl (C=O) groups excluding carboxylic acids is 2. The summed E-state index contributed by atoms with van der Waals surface area (Å²) in [4.78, 5) is 23.6. The fourth-order valence-corrected chi connectivity index (χ4v) is 2.29. The van der Waals surface area contributed by atoms with Gasteiger partial charge in [-0.2, -0.15) is 0 Å². The molecule has 2 rings (SSSR count). The van der Waals surface area contributed by atoms with E-state index in [0.717, 1.165) is 5.56 Å². The second-order valence-electron chi connectivity index (χ2n) is 5.15. The summed E-state index contributed by atoms with van der Waals surface area (Å²) < 4.78 is 3.55. The molecule has 0 aliphatic rings. The average molecular weight is 414 g/mol. The van der Waals surface area contributed by atoms with Gasteiger partial charge < -0.3 is 15.8 Å². The molecule has 0 unspecified atom stereocenters. The molecular formula is C18H15Cl3N2O3. The van der Waals surface area contributed by atoms with E-state index >= 15 is 0 Å². The van der Waals surface area contributed by atoms with Crippen LogP contribution in [0.2, 0.25) is 0 Å². The first kappa shape index (κ1) is 20.1. The average Bonchev–Trinajstić information content (AvgIpc) is 2.60. The van der Waals surface area contributed by atoms with Crippen molar-refractivity contribution in [3.8, 4) is 5.75 Å². The van der Waals surface area contributed by atoms with Gasteiger partial charge in [0.1, 0.15) is 5.75 Å². The van der Waals surface area contributed by atoms with Gasteiger partial charge in [-0.15, -0.1) is 0 Å². The van der Waals surface area contributed by atoms with Crippen LogP contribution in [0.1, 0.15) is 15.9 Å². The van der Waals surface area contributed by atoms with E-state index in [1.165, 1.54) is 18.2 Å². The minimum absolute atomic E-state index is 0.0867. The van der Waals surface area contributed by atoms with Crippen molar-refractivity contribution in [3.63, 3.8) is 0 Å². The van der Waals surface area contributed by atoms with Crippen LogP contribution in [0.3, 0.4) is 0 Å². The Hall–Kier alpha value is -2.21. The maximum Gasteiger partial charge on any atom is 0.252 e. The molecule has 0 heterocycles. The summed E-state index contributed by atoms with van der Waals surface area (Å²) in [6.45, 7) is 0. The van der Waals surface area contributed by atoms with E-state index in [1.807, 2.05) is 30.3 Å². The number of ether oxygens (including phenoxy) is 1. The van der Waals surface area contributed by atoms with Crippen LogP contribution >= 0.6 is 34.8 Å². The Bertz CT molecular complexity index is 805. The van der Waals surface area contributed by atoms with E-state index < -0.39 is 21.8 Å². The first-order valence-electron chi connectivity index (χ1n) is 7.43. The highest BCUT2D eigenvalue weighted by Crippen LogP contribution is 2.32. The second kappa shape index (κ2) is 8.94. The van der Waals surface area contributed by atoms with Gasteiger partial charge >= 0.3 is 0 Å². The summed E-state index contributed by atoms with van der Waals surface area (Å²) >= 11 is 17.7. The van der Waals surface area contributed by atoms with E-state index in [4.69, 9.17) is 45.3 Å². The number of hydrogen-bond acceptors (Lipinski definition) is 3. The molecule has 2 aromatic carbocycles. The fourth-order valence-electron chi connectivity index (χ4n) is 1.99. The van der Waals surface area contributed by atoms with Gasteiger partial charge in [0.15, 0.2) is 0 Å². The number of nitrogens with two attached hydrogens (primary N) is 1. The van der Waals surface area contributed by atoms with Crippen molar-refractivity contribution in [2.75, 3.05) is 0 Å². The van der Waals surface area contributed by atoms with Crippen molar-refractivity contribution < 1.29 is 14.3 Å². The van der Waals surface area contributed by atoms with Gasteiger partial charge in [-0.25, -0.2) is 0 Å². The third-order valence-corrected chi connectivity index (χ3v) is 3.79. The molecular weight excluding hydrogens is 399 g/mol. The number of primary amides is 1. The molecule has 0 spiro atoms. The number of benzene rings is 2. The number of nitrogens with one attached hydrogen (secondary N) is 1. The molecule has 8 heteroatoms. The second-order valence-corrected chi connectivity index (χ2v) is 7.52. The van der Waals surface area contributed by atoms with Crippen LogP contribution in [0.4, 0.5) is 0 Å². The molecule has 0 aromatic heterocycles. The van der Waals surface area contributed by atoms with Crippen molar-refractivity contribution in [1.29, 1.82) is 0 Å². The molecule has 2 amide bonds. The van der Waals surface area contributed by atoms with E-state index in [2.05, 4.69) is 5.32 Å². The lowest BCUT2D eigenvalue weighted by molar-refractivity contribution is -0.118. The molecule has 1 atom stereocenters. The Kier molecular flexibility index (Phi) is 6.91. The molecule has 0 aliphatic carbocycles. The van der Waals surface area contributed by atoms with Crippen LogP contribution in [0.15, 0.2) is 60.7 Å². The SMILES string of the molecule is NC(=O)c1ccccc1O[C@@H](NC(=O)/C=C/c1ccccc1)C(Cl)(Cl)Cl. The van der Waals surface area contributed by atoms with E-state index in [0.29, 0.717) is 0 Å². The van der Waals surface area contributed by atoms with Crippen LogP contribution in [-0.2, 0) is 4.79 Å². The molecule has 26 heavy (non-hydrogen) atoms. The minimum atomic E-state index is -1.99. The number of halogens is 3. The summed E-state index contributed by atoms with van der Waals surface area (Å²) in [5, 5.41) is 2.45. The molecule has 0 saturated carbocycles. The van der Waals surface area contributed by atoms with Crippen LogP contribution in [-0.4, -0.2) is 21.8 Å². The normalized spacial score (nSPS) is 12.6.